The van der Waals surface area contributed by atoms with Crippen molar-refractivity contribution in [3.63, 3.8) is 0 Å². The first kappa shape index (κ1) is 71.2. The lowest BCUT2D eigenvalue weighted by molar-refractivity contribution is -0.145. The Morgan fingerprint density at radius 2 is 0.957 bits per heavy atom. The zero-order valence-electron chi connectivity index (χ0n) is 51.5. The van der Waals surface area contributed by atoms with Gasteiger partial charge in [0.15, 0.2) is 11.6 Å². The fraction of sp³-hybridized carbons (Fsp3) is 0.619. The van der Waals surface area contributed by atoms with Crippen LogP contribution in [0.1, 0.15) is 193 Å². The lowest BCUT2D eigenvalue weighted by atomic mass is 9.80. The molecule has 2 aliphatic heterocycles. The van der Waals surface area contributed by atoms with E-state index in [9.17, 15) is 71.9 Å². The number of hydrogen-bond acceptors (Lipinski definition) is 13. The maximum atomic E-state index is 13.6. The number of nitrogens with zero attached hydrogens (tertiary/aromatic N) is 8. The highest BCUT2D eigenvalue weighted by atomic mass is 79.9. The molecule has 2 aromatic carbocycles. The molecule has 0 bridgehead atoms. The zero-order valence-corrected chi connectivity index (χ0v) is 53.0. The number of alkyl halides is 12. The zero-order chi connectivity index (χ0) is 67.2. The van der Waals surface area contributed by atoms with Crippen molar-refractivity contribution in [2.75, 3.05) is 42.6 Å². The predicted octanol–water partition coefficient (Wildman–Crippen LogP) is 16.3. The first-order chi connectivity index (χ1) is 43.2. The van der Waals surface area contributed by atoms with E-state index in [1.807, 2.05) is 13.8 Å². The summed E-state index contributed by atoms with van der Waals surface area (Å²) in [5, 5.41) is 9.17. The number of aromatic nitrogens is 4. The third kappa shape index (κ3) is 18.4. The minimum absolute atomic E-state index is 0.0429. The van der Waals surface area contributed by atoms with Crippen LogP contribution in [0.4, 0.5) is 73.9 Å². The molecule has 92 heavy (non-hydrogen) atoms. The maximum absolute atomic E-state index is 13.6. The molecule has 0 spiro atoms. The van der Waals surface area contributed by atoms with Crippen molar-refractivity contribution in [1.29, 1.82) is 0 Å². The minimum atomic E-state index is -5.04. The normalized spacial score (nSPS) is 23.0. The fourth-order valence-corrected chi connectivity index (χ4v) is 13.1. The SMILES string of the molecule is CCCN(CC1CCC(CC(=O)O)CC1)c1ncc(C2CC2)nc1CN1C(=O)OC(c2cc(C(F)(F)F)cc(C(F)(F)F)c2)[C@@H]1C.CCCN(CC1CCC(CC(=O)OCC)CC1)c1ncc(Br)nc1CN1C(=O)OC(c2cc(C(F)(F)F)cc(C(F)(F)F)c2)[C@@H]1C. The molecule has 2 amide bonds. The van der Waals surface area contributed by atoms with E-state index in [1.54, 1.807) is 13.1 Å². The first-order valence-electron chi connectivity index (χ1n) is 31.0. The number of carboxylic acids is 1. The van der Waals surface area contributed by atoms with Gasteiger partial charge in [0.25, 0.3) is 0 Å². The smallest absolute Gasteiger partial charge is 0.416 e. The molecule has 2 unspecified atom stereocenters. The van der Waals surface area contributed by atoms with Crippen LogP contribution in [-0.4, -0.2) is 104 Å². The topological polar surface area (TPSA) is 181 Å². The first-order valence-corrected chi connectivity index (χ1v) is 31.8. The van der Waals surface area contributed by atoms with Crippen LogP contribution in [0.15, 0.2) is 53.4 Å². The van der Waals surface area contributed by atoms with Crippen molar-refractivity contribution in [3.8, 4) is 0 Å². The van der Waals surface area contributed by atoms with E-state index in [1.165, 1.54) is 29.8 Å². The van der Waals surface area contributed by atoms with Gasteiger partial charge in [-0.3, -0.25) is 24.4 Å². The number of cyclic esters (lactones) is 2. The average molecular weight is 1380 g/mol. The molecule has 0 radical (unpaired) electrons. The standard InChI is InChI=1S/C32H38F6N4O4.C31H37BrF6N4O4/c1-3-10-41(16-20-6-4-19(5-7-20)11-27(43)44)29-26(40-25(15-39-29)21-8-9-21)17-42-18(2)28(46-30(42)45)22-12-23(31(33,34)35)14-24(13-22)32(36,37)38;1-4-10-41(16-20-8-6-19(7-9-20)11-26(43)45-5-2)28-24(40-25(32)15-39-28)17-42-18(3)27(46-29(42)44)21-12-22(30(33,34)35)14-23(13-21)31(36,37)38/h12-15,18-21,28H,3-11,16-17H2,1-2H3,(H,43,44);12-15,18-20,27H,4-11,16-17H2,1-3H3/t18-,19?,20?,28?;18-,19?,20?,27?/m00/s1. The van der Waals surface area contributed by atoms with E-state index in [4.69, 9.17) is 29.3 Å². The molecule has 1 N–H and O–H groups in total. The Bertz CT molecular complexity index is 3160. The van der Waals surface area contributed by atoms with Gasteiger partial charge < -0.3 is 29.1 Å². The maximum Gasteiger partial charge on any atom is 0.416 e. The number of esters is 1. The molecule has 29 heteroatoms. The van der Waals surface area contributed by atoms with E-state index in [0.29, 0.717) is 103 Å². The number of amides is 2. The molecule has 3 aliphatic carbocycles. The number of carbonyl (C=O) groups excluding carboxylic acids is 3. The molecule has 16 nitrogen and oxygen atoms in total. The lowest BCUT2D eigenvalue weighted by Gasteiger charge is -2.34. The summed E-state index contributed by atoms with van der Waals surface area (Å²) >= 11 is 3.32. The van der Waals surface area contributed by atoms with Crippen molar-refractivity contribution in [2.45, 2.75) is 193 Å². The Morgan fingerprint density at radius 3 is 1.33 bits per heavy atom. The summed E-state index contributed by atoms with van der Waals surface area (Å²) in [6.07, 6.45) is -10.3. The highest BCUT2D eigenvalue weighted by Gasteiger charge is 2.47. The van der Waals surface area contributed by atoms with Gasteiger partial charge in [-0.1, -0.05) is 13.8 Å². The summed E-state index contributed by atoms with van der Waals surface area (Å²) in [4.78, 5) is 74.9. The van der Waals surface area contributed by atoms with Gasteiger partial charge in [0, 0.05) is 44.9 Å². The van der Waals surface area contributed by atoms with E-state index < -0.39 is 101 Å². The molecule has 2 aromatic heterocycles. The molecule has 4 aromatic rings. The summed E-state index contributed by atoms with van der Waals surface area (Å²) in [5.41, 5.74) is -5.05. The number of benzene rings is 2. The molecule has 4 atom stereocenters. The van der Waals surface area contributed by atoms with E-state index in [2.05, 4.69) is 35.7 Å². The summed E-state index contributed by atoms with van der Waals surface area (Å²) in [6, 6.07) is 0.640. The van der Waals surface area contributed by atoms with Crippen molar-refractivity contribution in [3.05, 3.63) is 104 Å². The number of halogens is 13. The van der Waals surface area contributed by atoms with Gasteiger partial charge in [0.05, 0.1) is 72.1 Å². The second-order valence-corrected chi connectivity index (χ2v) is 25.4. The van der Waals surface area contributed by atoms with Gasteiger partial charge in [0.2, 0.25) is 0 Å². The van der Waals surface area contributed by atoms with Crippen LogP contribution in [0, 0.1) is 23.7 Å². The summed E-state index contributed by atoms with van der Waals surface area (Å²) < 4.78 is 179. The van der Waals surface area contributed by atoms with Crippen molar-refractivity contribution >= 4 is 51.7 Å². The van der Waals surface area contributed by atoms with Gasteiger partial charge in [-0.25, -0.2) is 24.5 Å². The summed E-state index contributed by atoms with van der Waals surface area (Å²) in [5.74, 6) is 1.42. The van der Waals surface area contributed by atoms with E-state index >= 15 is 0 Å². The number of hydrogen-bond donors (Lipinski definition) is 1. The Morgan fingerprint density at radius 1 is 0.576 bits per heavy atom. The third-order valence-electron chi connectivity index (χ3n) is 17.6. The molecule has 4 heterocycles. The fourth-order valence-electron chi connectivity index (χ4n) is 12.7. The molecule has 5 fully saturated rings. The van der Waals surface area contributed by atoms with Crippen LogP contribution in [0.2, 0.25) is 0 Å². The summed E-state index contributed by atoms with van der Waals surface area (Å²) in [7, 11) is 0. The van der Waals surface area contributed by atoms with E-state index in [-0.39, 0.29) is 55.4 Å². The van der Waals surface area contributed by atoms with Crippen LogP contribution < -0.4 is 9.80 Å². The third-order valence-corrected chi connectivity index (χ3v) is 18.0. The minimum Gasteiger partial charge on any atom is -0.481 e. The Balaban J connectivity index is 0.000000237. The quantitative estimate of drug-likeness (QED) is 0.0446. The van der Waals surface area contributed by atoms with Gasteiger partial charge in [-0.15, -0.1) is 0 Å². The summed E-state index contributed by atoms with van der Waals surface area (Å²) in [6.45, 7) is 11.6. The highest BCUT2D eigenvalue weighted by Crippen LogP contribution is 2.45. The number of anilines is 2. The predicted molar refractivity (Wildman–Crippen MR) is 314 cm³/mol. The van der Waals surface area contributed by atoms with Crippen LogP contribution in [0.25, 0.3) is 0 Å². The van der Waals surface area contributed by atoms with Gasteiger partial charge in [0.1, 0.15) is 28.2 Å². The molecule has 506 valence electrons. The second-order valence-electron chi connectivity index (χ2n) is 24.6. The van der Waals surface area contributed by atoms with Crippen LogP contribution >= 0.6 is 15.9 Å². The second kappa shape index (κ2) is 29.7. The largest absolute Gasteiger partial charge is 0.481 e. The molecule has 5 aliphatic rings. The Kier molecular flexibility index (Phi) is 23.0. The number of carboxylic acid groups (broad SMARTS) is 1. The average Bonchev–Trinajstić information content (AvgIpc) is 1.56. The van der Waals surface area contributed by atoms with Gasteiger partial charge in [-0.2, -0.15) is 52.7 Å². The van der Waals surface area contributed by atoms with Crippen LogP contribution in [0.3, 0.4) is 0 Å². The van der Waals surface area contributed by atoms with Crippen molar-refractivity contribution in [1.82, 2.24) is 29.7 Å². The number of aliphatic carboxylic acids is 1. The monoisotopic (exact) mass is 1380 g/mol. The lowest BCUT2D eigenvalue weighted by Crippen LogP contribution is -2.36. The van der Waals surface area contributed by atoms with Crippen molar-refractivity contribution < 1.29 is 91.2 Å². The van der Waals surface area contributed by atoms with Crippen LogP contribution in [-0.2, 0) is 61.6 Å². The Hall–Kier alpha value is -6.68. The molecule has 2 saturated heterocycles. The van der Waals surface area contributed by atoms with E-state index in [0.717, 1.165) is 82.7 Å². The number of rotatable bonds is 22. The van der Waals surface area contributed by atoms with Crippen molar-refractivity contribution in [2.24, 2.45) is 23.7 Å². The molecular weight excluding hydrogens is 1300 g/mol. The molecule has 9 rings (SSSR count). The van der Waals surface area contributed by atoms with Gasteiger partial charge in [-0.05, 0) is 185 Å². The highest BCUT2D eigenvalue weighted by molar-refractivity contribution is 9.10. The number of ether oxygens (including phenoxy) is 3. The van der Waals surface area contributed by atoms with Gasteiger partial charge >= 0.3 is 48.8 Å². The molecular formula is C63H75BrF12N8O8. The number of carbonyl (C=O) groups is 4. The Labute approximate surface area is 533 Å². The van der Waals surface area contributed by atoms with Crippen LogP contribution in [0.5, 0.6) is 0 Å². The molecule has 3 saturated carbocycles.